The number of nitrogens with one attached hydrogen (secondary N) is 1. The summed E-state index contributed by atoms with van der Waals surface area (Å²) in [6.07, 6.45) is 3.73. The normalized spacial score (nSPS) is 16.4. The molecule has 3 rings (SSSR count). The number of hydrogen-bond acceptors (Lipinski definition) is 4. The second-order valence-corrected chi connectivity index (χ2v) is 5.68. The third-order valence-corrected chi connectivity index (χ3v) is 4.07. The Kier molecular flexibility index (Phi) is 8.69. The average molecular weight is 384 g/mol. The fraction of sp³-hybridized carbons (Fsp3) is 0.333. The maximum Gasteiger partial charge on any atom is 0.255 e. The highest BCUT2D eigenvalue weighted by Crippen LogP contribution is 2.19. The number of amides is 1. The van der Waals surface area contributed by atoms with Crippen LogP contribution >= 0.6 is 24.8 Å². The van der Waals surface area contributed by atoms with Gasteiger partial charge in [0.1, 0.15) is 5.75 Å². The van der Waals surface area contributed by atoms with Crippen LogP contribution in [0.25, 0.3) is 0 Å². The van der Waals surface area contributed by atoms with Crippen LogP contribution in [-0.4, -0.2) is 42.0 Å². The zero-order valence-corrected chi connectivity index (χ0v) is 15.7. The molecule has 1 aliphatic rings. The van der Waals surface area contributed by atoms with Gasteiger partial charge in [-0.25, -0.2) is 4.98 Å². The number of carbonyl (C=O) groups excluding carboxylic acids is 1. The van der Waals surface area contributed by atoms with Crippen molar-refractivity contribution < 1.29 is 9.53 Å². The van der Waals surface area contributed by atoms with Gasteiger partial charge in [0.2, 0.25) is 5.88 Å². The first kappa shape index (κ1) is 21.2. The van der Waals surface area contributed by atoms with Crippen LogP contribution in [0.3, 0.4) is 0 Å². The van der Waals surface area contributed by atoms with Gasteiger partial charge in [0.05, 0.1) is 5.56 Å². The monoisotopic (exact) mass is 383 g/mol. The minimum Gasteiger partial charge on any atom is -0.439 e. The van der Waals surface area contributed by atoms with Crippen molar-refractivity contribution in [3.05, 3.63) is 54.2 Å². The van der Waals surface area contributed by atoms with Gasteiger partial charge in [-0.15, -0.1) is 24.8 Å². The number of carbonyl (C=O) groups is 1. The van der Waals surface area contributed by atoms with Crippen molar-refractivity contribution in [3.8, 4) is 11.6 Å². The van der Waals surface area contributed by atoms with E-state index in [0.717, 1.165) is 31.7 Å². The predicted octanol–water partition coefficient (Wildman–Crippen LogP) is 3.54. The van der Waals surface area contributed by atoms with Gasteiger partial charge in [-0.2, -0.15) is 0 Å². The van der Waals surface area contributed by atoms with E-state index in [1.807, 2.05) is 42.3 Å². The van der Waals surface area contributed by atoms with Gasteiger partial charge in [-0.05, 0) is 38.1 Å². The predicted molar refractivity (Wildman–Crippen MR) is 103 cm³/mol. The first-order chi connectivity index (χ1) is 11.3. The van der Waals surface area contributed by atoms with Crippen LogP contribution in [0.4, 0.5) is 0 Å². The van der Waals surface area contributed by atoms with Gasteiger partial charge in [-0.1, -0.05) is 18.2 Å². The van der Waals surface area contributed by atoms with Gasteiger partial charge in [0.15, 0.2) is 0 Å². The summed E-state index contributed by atoms with van der Waals surface area (Å²) in [7, 11) is 1.94. The van der Waals surface area contributed by atoms with Crippen LogP contribution in [0.5, 0.6) is 11.6 Å². The number of halogens is 2. The van der Waals surface area contributed by atoms with E-state index in [1.165, 1.54) is 0 Å². The van der Waals surface area contributed by atoms with Crippen molar-refractivity contribution in [1.82, 2.24) is 15.2 Å². The number of likely N-dealkylation sites (N-methyl/N-ethyl adjacent to an activating group) is 1. The number of benzene rings is 1. The zero-order valence-electron chi connectivity index (χ0n) is 14.1. The van der Waals surface area contributed by atoms with Gasteiger partial charge >= 0.3 is 0 Å². The number of rotatable bonds is 4. The summed E-state index contributed by atoms with van der Waals surface area (Å²) in [6.45, 7) is 1.55. The third kappa shape index (κ3) is 5.59. The summed E-state index contributed by atoms with van der Waals surface area (Å²) >= 11 is 0. The second-order valence-electron chi connectivity index (χ2n) is 5.68. The molecule has 1 unspecified atom stereocenters. The number of piperidine rings is 1. The zero-order chi connectivity index (χ0) is 16.1. The fourth-order valence-corrected chi connectivity index (χ4v) is 2.76. The molecule has 1 aromatic carbocycles. The van der Waals surface area contributed by atoms with Crippen LogP contribution in [0.1, 0.15) is 23.2 Å². The lowest BCUT2D eigenvalue weighted by Gasteiger charge is -2.32. The Balaban J connectivity index is 0.00000156. The summed E-state index contributed by atoms with van der Waals surface area (Å²) in [5.74, 6) is 1.25. The van der Waals surface area contributed by atoms with Gasteiger partial charge in [0.25, 0.3) is 5.91 Å². The minimum absolute atomic E-state index is 0. The van der Waals surface area contributed by atoms with E-state index < -0.39 is 0 Å². The molecule has 0 radical (unpaired) electrons. The average Bonchev–Trinajstić information content (AvgIpc) is 2.63. The number of nitrogens with zero attached hydrogens (tertiary/aromatic N) is 2. The maximum atomic E-state index is 12.5. The first-order valence-electron chi connectivity index (χ1n) is 7.92. The lowest BCUT2D eigenvalue weighted by Crippen LogP contribution is -2.46. The van der Waals surface area contributed by atoms with Gasteiger partial charge in [-0.3, -0.25) is 4.79 Å². The van der Waals surface area contributed by atoms with Crippen LogP contribution < -0.4 is 10.1 Å². The van der Waals surface area contributed by atoms with Crippen molar-refractivity contribution in [3.63, 3.8) is 0 Å². The molecule has 136 valence electrons. The molecule has 1 saturated heterocycles. The Bertz CT molecular complexity index is 653. The van der Waals surface area contributed by atoms with E-state index in [2.05, 4.69) is 10.3 Å². The number of para-hydroxylation sites is 1. The van der Waals surface area contributed by atoms with Crippen LogP contribution in [-0.2, 0) is 0 Å². The summed E-state index contributed by atoms with van der Waals surface area (Å²) < 4.78 is 5.65. The first-order valence-corrected chi connectivity index (χ1v) is 7.92. The van der Waals surface area contributed by atoms with E-state index >= 15 is 0 Å². The molecule has 1 fully saturated rings. The molecule has 0 bridgehead atoms. The molecule has 1 aliphatic heterocycles. The summed E-state index contributed by atoms with van der Waals surface area (Å²) in [4.78, 5) is 18.7. The number of hydrogen-bond donors (Lipinski definition) is 1. The van der Waals surface area contributed by atoms with Crippen molar-refractivity contribution >= 4 is 30.7 Å². The molecule has 1 atom stereocenters. The summed E-state index contributed by atoms with van der Waals surface area (Å²) in [5.41, 5.74) is 0.599. The van der Waals surface area contributed by atoms with Gasteiger partial charge < -0.3 is 15.0 Å². The lowest BCUT2D eigenvalue weighted by atomic mass is 10.1. The molecule has 2 aromatic rings. The number of pyridine rings is 1. The molecule has 0 saturated carbocycles. The smallest absolute Gasteiger partial charge is 0.255 e. The van der Waals surface area contributed by atoms with Crippen LogP contribution in [0.15, 0.2) is 48.7 Å². The highest BCUT2D eigenvalue weighted by atomic mass is 35.5. The Hall–Kier alpha value is -1.82. The molecular weight excluding hydrogens is 361 g/mol. The van der Waals surface area contributed by atoms with E-state index in [-0.39, 0.29) is 30.7 Å². The van der Waals surface area contributed by atoms with Crippen molar-refractivity contribution in [2.24, 2.45) is 0 Å². The lowest BCUT2D eigenvalue weighted by molar-refractivity contribution is 0.0697. The van der Waals surface area contributed by atoms with Crippen LogP contribution in [0, 0.1) is 0 Å². The van der Waals surface area contributed by atoms with E-state index in [0.29, 0.717) is 17.5 Å². The molecule has 1 N–H and O–H groups in total. The highest BCUT2D eigenvalue weighted by molar-refractivity contribution is 5.94. The number of aromatic nitrogens is 1. The molecule has 0 spiro atoms. The van der Waals surface area contributed by atoms with E-state index in [4.69, 9.17) is 4.74 Å². The second kappa shape index (κ2) is 10.2. The molecule has 1 amide bonds. The standard InChI is InChI=1S/C18H21N3O2.2ClH/c1-19-15-6-5-11-21(13-15)18(22)14-9-10-17(20-12-14)23-16-7-3-2-4-8-16;;/h2-4,7-10,12,15,19H,5-6,11,13H2,1H3;2*1H. The van der Waals surface area contributed by atoms with Crippen molar-refractivity contribution in [2.75, 3.05) is 20.1 Å². The molecule has 7 heteroatoms. The third-order valence-electron chi connectivity index (χ3n) is 4.07. The Labute approximate surface area is 160 Å². The highest BCUT2D eigenvalue weighted by Gasteiger charge is 2.23. The Morgan fingerprint density at radius 1 is 1.20 bits per heavy atom. The quantitative estimate of drug-likeness (QED) is 0.876. The minimum atomic E-state index is 0. The molecule has 0 aliphatic carbocycles. The van der Waals surface area contributed by atoms with E-state index in [9.17, 15) is 4.79 Å². The Morgan fingerprint density at radius 3 is 2.60 bits per heavy atom. The molecular formula is C18H23Cl2N3O2. The fourth-order valence-electron chi connectivity index (χ4n) is 2.76. The SMILES string of the molecule is CNC1CCCN(C(=O)c2ccc(Oc3ccccc3)nc2)C1.Cl.Cl. The molecule has 2 heterocycles. The number of ether oxygens (including phenoxy) is 1. The largest absolute Gasteiger partial charge is 0.439 e. The van der Waals surface area contributed by atoms with E-state index in [1.54, 1.807) is 18.3 Å². The van der Waals surface area contributed by atoms with Crippen molar-refractivity contribution in [1.29, 1.82) is 0 Å². The molecule has 1 aromatic heterocycles. The number of likely N-dealkylation sites (tertiary alicyclic amines) is 1. The maximum absolute atomic E-state index is 12.5. The Morgan fingerprint density at radius 2 is 1.96 bits per heavy atom. The summed E-state index contributed by atoms with van der Waals surface area (Å²) in [5, 5.41) is 3.25. The van der Waals surface area contributed by atoms with Gasteiger partial charge in [0, 0.05) is 31.4 Å². The topological polar surface area (TPSA) is 54.5 Å². The molecule has 25 heavy (non-hydrogen) atoms. The molecule has 5 nitrogen and oxygen atoms in total. The summed E-state index contributed by atoms with van der Waals surface area (Å²) in [6, 6.07) is 13.4. The van der Waals surface area contributed by atoms with Crippen molar-refractivity contribution in [2.45, 2.75) is 18.9 Å². The van der Waals surface area contributed by atoms with Crippen LogP contribution in [0.2, 0.25) is 0 Å².